The summed E-state index contributed by atoms with van der Waals surface area (Å²) in [6, 6.07) is 5.81. The van der Waals surface area contributed by atoms with Crippen LogP contribution in [0.15, 0.2) is 18.2 Å². The number of rotatable bonds is 2. The molecular weight excluding hydrogens is 191 g/mol. The topological polar surface area (TPSA) is 50.1 Å². The van der Waals surface area contributed by atoms with Crippen molar-refractivity contribution in [3.05, 3.63) is 29.3 Å². The number of hydrogen-bond acceptors (Lipinski definition) is 2. The Bertz CT molecular complexity index is 412. The molecule has 3 nitrogen and oxygen atoms in total. The van der Waals surface area contributed by atoms with Crippen molar-refractivity contribution < 1.29 is 14.5 Å². The summed E-state index contributed by atoms with van der Waals surface area (Å²) in [4.78, 5) is 11.0. The van der Waals surface area contributed by atoms with Gasteiger partial charge in [0.05, 0.1) is 0 Å². The quantitative estimate of drug-likeness (QED) is 0.552. The Morgan fingerprint density at radius 1 is 1.60 bits per heavy atom. The minimum absolute atomic E-state index is 0.136. The van der Waals surface area contributed by atoms with Crippen molar-refractivity contribution in [2.75, 3.05) is 0 Å². The van der Waals surface area contributed by atoms with Crippen LogP contribution in [0.2, 0.25) is 6.82 Å². The fraction of sp³-hybridized carbons (Fsp3) is 0.364. The molecule has 0 spiro atoms. The SMILES string of the molecule is CC(=O)Cc1ccc2c(c1)[B-](C)(O)[OH+]C2. The molecule has 80 valence electrons. The molecule has 0 saturated heterocycles. The number of benzene rings is 1. The zero-order valence-electron chi connectivity index (χ0n) is 9.03. The van der Waals surface area contributed by atoms with Gasteiger partial charge in [0.15, 0.2) is 0 Å². The third-order valence-electron chi connectivity index (χ3n) is 2.87. The molecule has 1 unspecified atom stereocenters. The fourth-order valence-electron chi connectivity index (χ4n) is 2.07. The van der Waals surface area contributed by atoms with Crippen molar-refractivity contribution in [1.29, 1.82) is 0 Å². The Morgan fingerprint density at radius 3 is 3.00 bits per heavy atom. The molecule has 0 aliphatic carbocycles. The summed E-state index contributed by atoms with van der Waals surface area (Å²) in [5, 5.41) is 10.0. The molecule has 1 heterocycles. The monoisotopic (exact) mass is 206 g/mol. The second-order valence-corrected chi connectivity index (χ2v) is 4.43. The second-order valence-electron chi connectivity index (χ2n) is 4.43. The van der Waals surface area contributed by atoms with Gasteiger partial charge in [0.25, 0.3) is 0 Å². The van der Waals surface area contributed by atoms with Crippen LogP contribution in [0.1, 0.15) is 18.1 Å². The average Bonchev–Trinajstić information content (AvgIpc) is 2.42. The van der Waals surface area contributed by atoms with Gasteiger partial charge in [-0.25, -0.2) is 0 Å². The molecular formula is C11H15BO3. The first kappa shape index (κ1) is 10.4. The van der Waals surface area contributed by atoms with E-state index in [1.54, 1.807) is 13.7 Å². The molecule has 1 aliphatic rings. The van der Waals surface area contributed by atoms with Gasteiger partial charge in [0.1, 0.15) is 12.4 Å². The molecule has 2 N–H and O–H groups in total. The lowest BCUT2D eigenvalue weighted by Crippen LogP contribution is -2.46. The van der Waals surface area contributed by atoms with Crippen LogP contribution in [0.25, 0.3) is 0 Å². The minimum Gasteiger partial charge on any atom is -0.652 e. The van der Waals surface area contributed by atoms with E-state index in [4.69, 9.17) is 0 Å². The molecule has 1 aromatic carbocycles. The lowest BCUT2D eigenvalue weighted by Gasteiger charge is -2.18. The number of carbonyl (C=O) groups excluding carboxylic acids is 1. The van der Waals surface area contributed by atoms with Crippen LogP contribution in [0.4, 0.5) is 0 Å². The van der Waals surface area contributed by atoms with Gasteiger partial charge in [0.2, 0.25) is 0 Å². The molecule has 0 amide bonds. The normalized spacial score (nSPS) is 23.9. The lowest BCUT2D eigenvalue weighted by molar-refractivity contribution is -0.116. The van der Waals surface area contributed by atoms with E-state index in [1.807, 2.05) is 18.2 Å². The van der Waals surface area contributed by atoms with Crippen molar-refractivity contribution in [3.63, 3.8) is 0 Å². The van der Waals surface area contributed by atoms with Gasteiger partial charge in [-0.2, -0.15) is 0 Å². The number of aliphatic hydroxyl groups is 1. The van der Waals surface area contributed by atoms with E-state index in [1.165, 1.54) is 0 Å². The highest BCUT2D eigenvalue weighted by Crippen LogP contribution is 2.16. The van der Waals surface area contributed by atoms with Crippen LogP contribution in [0.5, 0.6) is 0 Å². The van der Waals surface area contributed by atoms with E-state index >= 15 is 0 Å². The predicted molar refractivity (Wildman–Crippen MR) is 60.2 cm³/mol. The molecule has 15 heavy (non-hydrogen) atoms. The number of ketones is 1. The van der Waals surface area contributed by atoms with Crippen LogP contribution in [0.3, 0.4) is 0 Å². The van der Waals surface area contributed by atoms with Gasteiger partial charge < -0.3 is 9.68 Å². The average molecular weight is 206 g/mol. The van der Waals surface area contributed by atoms with Crippen LogP contribution in [-0.2, 0) is 17.8 Å². The van der Waals surface area contributed by atoms with Gasteiger partial charge in [-0.3, -0.25) is 4.79 Å². The standard InChI is InChI=1S/C11H15BO3/c1-8(13)5-9-3-4-10-7-15-12(2,14)11(10)6-9/h3-4,6,14-15H,5,7H2,1-2H3. The van der Waals surface area contributed by atoms with Gasteiger partial charge in [-0.1, -0.05) is 30.5 Å². The van der Waals surface area contributed by atoms with Crippen molar-refractivity contribution >= 4 is 17.8 Å². The Labute approximate surface area is 89.0 Å². The maximum absolute atomic E-state index is 11.0. The van der Waals surface area contributed by atoms with E-state index in [2.05, 4.69) is 4.65 Å². The fourth-order valence-corrected chi connectivity index (χ4v) is 2.07. The van der Waals surface area contributed by atoms with E-state index in [9.17, 15) is 9.82 Å². The maximum Gasteiger partial charge on any atom is 0.448 e. The van der Waals surface area contributed by atoms with Crippen molar-refractivity contribution in [2.45, 2.75) is 26.8 Å². The van der Waals surface area contributed by atoms with Crippen LogP contribution in [0, 0.1) is 0 Å². The number of fused-ring (bicyclic) bond motifs is 1. The van der Waals surface area contributed by atoms with E-state index in [-0.39, 0.29) is 5.78 Å². The Morgan fingerprint density at radius 2 is 2.33 bits per heavy atom. The van der Waals surface area contributed by atoms with Crippen LogP contribution < -0.4 is 5.46 Å². The predicted octanol–water partition coefficient (Wildman–Crippen LogP) is 0.131. The first-order valence-electron chi connectivity index (χ1n) is 5.20. The highest BCUT2D eigenvalue weighted by atomic mass is 16.5. The molecule has 1 aliphatic heterocycles. The van der Waals surface area contributed by atoms with Gasteiger partial charge in [-0.05, 0) is 18.1 Å². The summed E-state index contributed by atoms with van der Waals surface area (Å²) in [6.45, 7) is 2.16. The van der Waals surface area contributed by atoms with Crippen LogP contribution in [-0.4, -0.2) is 22.0 Å². The first-order valence-corrected chi connectivity index (χ1v) is 5.20. The largest absolute Gasteiger partial charge is 0.652 e. The van der Waals surface area contributed by atoms with E-state index in [0.29, 0.717) is 13.0 Å². The maximum atomic E-state index is 11.0. The molecule has 0 radical (unpaired) electrons. The zero-order chi connectivity index (χ0) is 11.1. The van der Waals surface area contributed by atoms with Gasteiger partial charge in [0, 0.05) is 6.42 Å². The van der Waals surface area contributed by atoms with Gasteiger partial charge in [-0.15, -0.1) is 0 Å². The summed E-state index contributed by atoms with van der Waals surface area (Å²) < 4.78 is 4.19. The highest BCUT2D eigenvalue weighted by Gasteiger charge is 2.36. The molecule has 0 bridgehead atoms. The van der Waals surface area contributed by atoms with Crippen molar-refractivity contribution in [2.24, 2.45) is 0 Å². The third kappa shape index (κ3) is 1.96. The summed E-state index contributed by atoms with van der Waals surface area (Å²) in [6.07, 6.45) is 0.430. The molecule has 1 aromatic rings. The summed E-state index contributed by atoms with van der Waals surface area (Å²) in [7, 11) is 0. The minimum atomic E-state index is -1.73. The summed E-state index contributed by atoms with van der Waals surface area (Å²) in [5.74, 6) is 0.136. The Balaban J connectivity index is 2.37. The highest BCUT2D eigenvalue weighted by molar-refractivity contribution is 6.79. The Kier molecular flexibility index (Phi) is 2.40. The number of carbonyl (C=O) groups is 1. The molecule has 0 saturated carbocycles. The zero-order valence-corrected chi connectivity index (χ0v) is 9.03. The van der Waals surface area contributed by atoms with Crippen molar-refractivity contribution in [1.82, 2.24) is 0 Å². The van der Waals surface area contributed by atoms with Crippen LogP contribution >= 0.6 is 0 Å². The lowest BCUT2D eigenvalue weighted by atomic mass is 9.55. The van der Waals surface area contributed by atoms with E-state index < -0.39 is 6.55 Å². The number of Topliss-reactive ketones (excluding diaryl/α,β-unsaturated/α-hetero) is 1. The summed E-state index contributed by atoms with van der Waals surface area (Å²) >= 11 is 0. The molecule has 1 atom stereocenters. The second kappa shape index (κ2) is 3.47. The molecule has 4 heteroatoms. The third-order valence-corrected chi connectivity index (χ3v) is 2.87. The molecule has 2 rings (SSSR count). The smallest absolute Gasteiger partial charge is 0.448 e. The van der Waals surface area contributed by atoms with Gasteiger partial charge >= 0.3 is 6.55 Å². The molecule has 0 fully saturated rings. The summed E-state index contributed by atoms with van der Waals surface area (Å²) in [5.41, 5.74) is 2.93. The first-order chi connectivity index (χ1) is 6.99. The number of hydrogen-bond donors (Lipinski definition) is 1. The van der Waals surface area contributed by atoms with Crippen molar-refractivity contribution in [3.8, 4) is 0 Å². The Hall–Kier alpha value is -1.13. The van der Waals surface area contributed by atoms with E-state index in [0.717, 1.165) is 16.6 Å². The molecule has 0 aromatic heterocycles.